The first-order valence-corrected chi connectivity index (χ1v) is 5.67. The van der Waals surface area contributed by atoms with Crippen LogP contribution in [0, 0.1) is 11.8 Å². The Morgan fingerprint density at radius 3 is 2.41 bits per heavy atom. The zero-order chi connectivity index (χ0) is 13.0. The van der Waals surface area contributed by atoms with Gasteiger partial charge < -0.3 is 10.2 Å². The van der Waals surface area contributed by atoms with Crippen molar-refractivity contribution in [3.63, 3.8) is 0 Å². The average Bonchev–Trinajstić information content (AvgIpc) is 2.77. The number of ketones is 1. The number of primary amides is 1. The van der Waals surface area contributed by atoms with Gasteiger partial charge in [0.15, 0.2) is 0 Å². The fraction of sp³-hybridized carbons (Fsp3) is 0.636. The molecule has 6 nitrogen and oxygen atoms in total. The molecule has 0 saturated heterocycles. The second-order valence-corrected chi connectivity index (χ2v) is 3.92. The summed E-state index contributed by atoms with van der Waals surface area (Å²) in [6.45, 7) is 5.30. The van der Waals surface area contributed by atoms with Crippen molar-refractivity contribution in [1.82, 2.24) is 10.2 Å². The van der Waals surface area contributed by atoms with E-state index in [2.05, 4.69) is 10.2 Å². The van der Waals surface area contributed by atoms with Gasteiger partial charge in [-0.2, -0.15) is 0 Å². The van der Waals surface area contributed by atoms with Crippen LogP contribution in [0.4, 0.5) is 0 Å². The van der Waals surface area contributed by atoms with Gasteiger partial charge in [0, 0.05) is 18.3 Å². The van der Waals surface area contributed by atoms with Crippen LogP contribution in [0.3, 0.4) is 0 Å². The van der Waals surface area contributed by atoms with Crippen LogP contribution in [-0.4, -0.2) is 21.9 Å². The Morgan fingerprint density at radius 1 is 1.35 bits per heavy atom. The van der Waals surface area contributed by atoms with Gasteiger partial charge in [-0.15, -0.1) is 10.2 Å². The predicted octanol–water partition coefficient (Wildman–Crippen LogP) is 0.962. The maximum absolute atomic E-state index is 12.0. The molecule has 94 valence electrons. The quantitative estimate of drug-likeness (QED) is 0.745. The van der Waals surface area contributed by atoms with Crippen LogP contribution in [0.15, 0.2) is 4.42 Å². The van der Waals surface area contributed by atoms with Crippen molar-refractivity contribution in [3.8, 4) is 0 Å². The third-order valence-electron chi connectivity index (χ3n) is 2.81. The number of carbonyl (C=O) groups is 2. The molecule has 0 bridgehead atoms. The second-order valence-electron chi connectivity index (χ2n) is 3.92. The van der Waals surface area contributed by atoms with Gasteiger partial charge in [0.1, 0.15) is 0 Å². The van der Waals surface area contributed by atoms with Crippen molar-refractivity contribution in [2.24, 2.45) is 17.6 Å². The van der Waals surface area contributed by atoms with Crippen LogP contribution >= 0.6 is 0 Å². The van der Waals surface area contributed by atoms with Gasteiger partial charge in [0.2, 0.25) is 17.6 Å². The number of aromatic nitrogens is 2. The Morgan fingerprint density at radius 2 is 2.00 bits per heavy atom. The minimum absolute atomic E-state index is 0.0400. The van der Waals surface area contributed by atoms with Crippen LogP contribution < -0.4 is 5.73 Å². The number of nitrogens with zero attached hydrogens (tertiary/aromatic N) is 2. The van der Waals surface area contributed by atoms with E-state index in [4.69, 9.17) is 10.2 Å². The molecule has 1 aromatic heterocycles. The number of Topliss-reactive ketones (excluding diaryl/α,β-unsaturated/α-hetero) is 1. The minimum atomic E-state index is -0.538. The highest BCUT2D eigenvalue weighted by Gasteiger charge is 2.31. The molecule has 0 radical (unpaired) electrons. The summed E-state index contributed by atoms with van der Waals surface area (Å²) in [5.74, 6) is -1.48. The van der Waals surface area contributed by atoms with E-state index in [-0.39, 0.29) is 11.7 Å². The lowest BCUT2D eigenvalue weighted by Crippen LogP contribution is -2.32. The van der Waals surface area contributed by atoms with E-state index < -0.39 is 17.7 Å². The van der Waals surface area contributed by atoms with Crippen LogP contribution in [-0.2, 0) is 11.2 Å². The Bertz CT molecular complexity index is 414. The molecule has 1 aromatic rings. The molecule has 0 spiro atoms. The number of hydrogen-bond acceptors (Lipinski definition) is 5. The normalized spacial score (nSPS) is 14.3. The van der Waals surface area contributed by atoms with Crippen molar-refractivity contribution < 1.29 is 14.0 Å². The van der Waals surface area contributed by atoms with Crippen LogP contribution in [0.2, 0.25) is 0 Å². The predicted molar refractivity (Wildman–Crippen MR) is 60.1 cm³/mol. The van der Waals surface area contributed by atoms with Crippen molar-refractivity contribution in [1.29, 1.82) is 0 Å². The van der Waals surface area contributed by atoms with Crippen LogP contribution in [0.5, 0.6) is 0 Å². The number of nitrogens with two attached hydrogens (primary N) is 1. The van der Waals surface area contributed by atoms with E-state index in [1.54, 1.807) is 6.92 Å². The molecule has 1 unspecified atom stereocenters. The molecule has 0 fully saturated rings. The summed E-state index contributed by atoms with van der Waals surface area (Å²) in [5, 5.41) is 7.40. The first-order chi connectivity index (χ1) is 8.01. The van der Waals surface area contributed by atoms with Crippen molar-refractivity contribution in [3.05, 3.63) is 11.8 Å². The topological polar surface area (TPSA) is 99.1 Å². The van der Waals surface area contributed by atoms with Gasteiger partial charge >= 0.3 is 0 Å². The Labute approximate surface area is 99.6 Å². The standard InChI is InChI=1S/C11H17N3O3/c1-4-7(6(3)10(12)16)9(15)11-14-13-8(5-2)17-11/h6-7H,4-5H2,1-3H3,(H2,12,16)/t6?,7-/m0/s1. The summed E-state index contributed by atoms with van der Waals surface area (Å²) in [5.41, 5.74) is 5.20. The van der Waals surface area contributed by atoms with Gasteiger partial charge in [-0.1, -0.05) is 20.8 Å². The molecule has 0 aliphatic carbocycles. The fourth-order valence-corrected chi connectivity index (χ4v) is 1.62. The van der Waals surface area contributed by atoms with Crippen LogP contribution in [0.25, 0.3) is 0 Å². The highest BCUT2D eigenvalue weighted by molar-refractivity contribution is 5.96. The molecule has 1 rings (SSSR count). The van der Waals surface area contributed by atoms with Gasteiger partial charge in [-0.25, -0.2) is 0 Å². The molecule has 6 heteroatoms. The Kier molecular flexibility index (Phi) is 4.37. The molecular formula is C11H17N3O3. The molecule has 0 aromatic carbocycles. The number of carbonyl (C=O) groups excluding carboxylic acids is 2. The summed E-state index contributed by atoms with van der Waals surface area (Å²) in [6.07, 6.45) is 1.08. The van der Waals surface area contributed by atoms with E-state index in [0.29, 0.717) is 18.7 Å². The highest BCUT2D eigenvalue weighted by Crippen LogP contribution is 2.20. The number of rotatable bonds is 6. The van der Waals surface area contributed by atoms with Gasteiger partial charge in [-0.05, 0) is 6.42 Å². The minimum Gasteiger partial charge on any atom is -0.418 e. The smallest absolute Gasteiger partial charge is 0.284 e. The zero-order valence-electron chi connectivity index (χ0n) is 10.3. The summed E-state index contributed by atoms with van der Waals surface area (Å²) >= 11 is 0. The third kappa shape index (κ3) is 2.89. The average molecular weight is 239 g/mol. The second kappa shape index (κ2) is 5.56. The van der Waals surface area contributed by atoms with E-state index in [9.17, 15) is 9.59 Å². The van der Waals surface area contributed by atoms with Crippen molar-refractivity contribution in [2.45, 2.75) is 33.6 Å². The molecule has 1 heterocycles. The lowest BCUT2D eigenvalue weighted by Gasteiger charge is -2.16. The summed E-state index contributed by atoms with van der Waals surface area (Å²) in [7, 11) is 0. The largest absolute Gasteiger partial charge is 0.418 e. The number of aryl methyl sites for hydroxylation is 1. The van der Waals surface area contributed by atoms with E-state index in [1.807, 2.05) is 13.8 Å². The molecular weight excluding hydrogens is 222 g/mol. The molecule has 2 N–H and O–H groups in total. The molecule has 17 heavy (non-hydrogen) atoms. The Hall–Kier alpha value is -1.72. The fourth-order valence-electron chi connectivity index (χ4n) is 1.62. The maximum atomic E-state index is 12.0. The molecule has 0 saturated carbocycles. The van der Waals surface area contributed by atoms with Gasteiger partial charge in [0.05, 0.1) is 0 Å². The van der Waals surface area contributed by atoms with E-state index in [0.717, 1.165) is 0 Å². The van der Waals surface area contributed by atoms with Gasteiger partial charge in [0.25, 0.3) is 5.89 Å². The lowest BCUT2D eigenvalue weighted by molar-refractivity contribution is -0.122. The monoisotopic (exact) mass is 239 g/mol. The maximum Gasteiger partial charge on any atom is 0.284 e. The van der Waals surface area contributed by atoms with E-state index >= 15 is 0 Å². The van der Waals surface area contributed by atoms with Crippen LogP contribution in [0.1, 0.15) is 43.8 Å². The van der Waals surface area contributed by atoms with Gasteiger partial charge in [-0.3, -0.25) is 9.59 Å². The van der Waals surface area contributed by atoms with Crippen molar-refractivity contribution >= 4 is 11.7 Å². The summed E-state index contributed by atoms with van der Waals surface area (Å²) in [4.78, 5) is 23.1. The summed E-state index contributed by atoms with van der Waals surface area (Å²) < 4.78 is 5.18. The first kappa shape index (κ1) is 13.3. The number of amides is 1. The summed E-state index contributed by atoms with van der Waals surface area (Å²) in [6, 6.07) is 0. The number of hydrogen-bond donors (Lipinski definition) is 1. The molecule has 2 atom stereocenters. The molecule has 0 aliphatic heterocycles. The molecule has 0 aliphatic rings. The third-order valence-corrected chi connectivity index (χ3v) is 2.81. The molecule has 1 amide bonds. The SMILES string of the molecule is CCc1nnc(C(=O)[C@@H](CC)C(C)C(N)=O)o1. The van der Waals surface area contributed by atoms with Crippen molar-refractivity contribution in [2.75, 3.05) is 0 Å². The highest BCUT2D eigenvalue weighted by atomic mass is 16.4. The zero-order valence-corrected chi connectivity index (χ0v) is 10.3. The first-order valence-electron chi connectivity index (χ1n) is 5.67. The lowest BCUT2D eigenvalue weighted by atomic mass is 9.87. The van der Waals surface area contributed by atoms with E-state index in [1.165, 1.54) is 0 Å². The Balaban J connectivity index is 2.89.